The van der Waals surface area contributed by atoms with Gasteiger partial charge in [0.15, 0.2) is 0 Å². The Kier molecular flexibility index (Phi) is 1.83. The fourth-order valence-corrected chi connectivity index (χ4v) is 2.12. The molecule has 64 valence electrons. The van der Waals surface area contributed by atoms with Gasteiger partial charge in [0.2, 0.25) is 11.6 Å². The number of carbonyl (C=O) groups excluding carboxylic acids is 2. The van der Waals surface area contributed by atoms with E-state index in [1.54, 1.807) is 0 Å². The van der Waals surface area contributed by atoms with Crippen molar-refractivity contribution in [1.82, 2.24) is 0 Å². The van der Waals surface area contributed by atoms with Gasteiger partial charge < -0.3 is 0 Å². The summed E-state index contributed by atoms with van der Waals surface area (Å²) in [6.07, 6.45) is 6.41. The van der Waals surface area contributed by atoms with Crippen molar-refractivity contribution in [3.8, 4) is 0 Å². The van der Waals surface area contributed by atoms with Crippen molar-refractivity contribution < 1.29 is 9.59 Å². The molecule has 2 rings (SSSR count). The van der Waals surface area contributed by atoms with Gasteiger partial charge in [-0.05, 0) is 31.6 Å². The van der Waals surface area contributed by atoms with Crippen molar-refractivity contribution in [2.45, 2.75) is 32.1 Å². The summed E-state index contributed by atoms with van der Waals surface area (Å²) in [6, 6.07) is 0. The summed E-state index contributed by atoms with van der Waals surface area (Å²) in [5, 5.41) is 0. The Morgan fingerprint density at radius 2 is 2.08 bits per heavy atom. The number of hydrogen-bond acceptors (Lipinski definition) is 2. The molecule has 2 heteroatoms. The number of fused-ring (bicyclic) bond motifs is 1. The molecule has 0 aromatic rings. The summed E-state index contributed by atoms with van der Waals surface area (Å²) < 4.78 is 0. The number of allylic oxidation sites excluding steroid dienone is 2. The molecule has 2 nitrogen and oxygen atoms in total. The van der Waals surface area contributed by atoms with Crippen LogP contribution in [-0.2, 0) is 9.59 Å². The van der Waals surface area contributed by atoms with E-state index in [4.69, 9.17) is 0 Å². The Morgan fingerprint density at radius 3 is 2.92 bits per heavy atom. The lowest BCUT2D eigenvalue weighted by Gasteiger charge is -2.07. The maximum absolute atomic E-state index is 11.4. The van der Waals surface area contributed by atoms with Crippen LogP contribution in [0.4, 0.5) is 0 Å². The lowest BCUT2D eigenvalue weighted by Crippen LogP contribution is -2.15. The van der Waals surface area contributed by atoms with Gasteiger partial charge in [-0.1, -0.05) is 6.08 Å². The number of rotatable bonds is 0. The normalized spacial score (nSPS) is 29.7. The van der Waals surface area contributed by atoms with Gasteiger partial charge in [-0.25, -0.2) is 0 Å². The van der Waals surface area contributed by atoms with Gasteiger partial charge in [-0.3, -0.25) is 9.59 Å². The van der Waals surface area contributed by atoms with Crippen LogP contribution in [0.3, 0.4) is 0 Å². The molecule has 0 N–H and O–H groups in total. The third kappa shape index (κ3) is 1.11. The van der Waals surface area contributed by atoms with E-state index in [1.165, 1.54) is 0 Å². The van der Waals surface area contributed by atoms with Gasteiger partial charge in [0.05, 0.1) is 0 Å². The van der Waals surface area contributed by atoms with E-state index < -0.39 is 0 Å². The number of Topliss-reactive ketones (excluding diaryl/α,β-unsaturated/α-hetero) is 2. The number of carbonyl (C=O) groups is 2. The molecule has 1 saturated carbocycles. The Labute approximate surface area is 71.6 Å². The molecule has 12 heavy (non-hydrogen) atoms. The lowest BCUT2D eigenvalue weighted by atomic mass is 9.96. The zero-order valence-electron chi connectivity index (χ0n) is 7.01. The molecule has 0 spiro atoms. The van der Waals surface area contributed by atoms with Crippen molar-refractivity contribution >= 4 is 11.6 Å². The van der Waals surface area contributed by atoms with Crippen LogP contribution < -0.4 is 0 Å². The molecular formula is C10H12O2. The Morgan fingerprint density at radius 1 is 1.25 bits per heavy atom. The van der Waals surface area contributed by atoms with E-state index in [0.29, 0.717) is 12.3 Å². The second-order valence-electron chi connectivity index (χ2n) is 3.58. The van der Waals surface area contributed by atoms with Gasteiger partial charge in [0.1, 0.15) is 0 Å². The van der Waals surface area contributed by atoms with Crippen molar-refractivity contribution in [1.29, 1.82) is 0 Å². The van der Waals surface area contributed by atoms with Gasteiger partial charge in [-0.15, -0.1) is 0 Å². The molecule has 0 aliphatic heterocycles. The first-order valence-corrected chi connectivity index (χ1v) is 4.56. The smallest absolute Gasteiger partial charge is 0.224 e. The molecular weight excluding hydrogens is 152 g/mol. The van der Waals surface area contributed by atoms with E-state index in [1.807, 2.05) is 6.08 Å². The van der Waals surface area contributed by atoms with Crippen LogP contribution >= 0.6 is 0 Å². The van der Waals surface area contributed by atoms with Crippen LogP contribution in [0.15, 0.2) is 11.6 Å². The molecule has 0 radical (unpaired) electrons. The summed E-state index contributed by atoms with van der Waals surface area (Å²) >= 11 is 0. The van der Waals surface area contributed by atoms with Crippen LogP contribution in [0.2, 0.25) is 0 Å². The van der Waals surface area contributed by atoms with E-state index in [0.717, 1.165) is 31.3 Å². The zero-order chi connectivity index (χ0) is 8.55. The highest BCUT2D eigenvalue weighted by molar-refractivity contribution is 6.43. The average molecular weight is 164 g/mol. The molecule has 0 amide bonds. The van der Waals surface area contributed by atoms with Gasteiger partial charge in [0.25, 0.3) is 0 Å². The highest BCUT2D eigenvalue weighted by Gasteiger charge is 2.31. The quantitative estimate of drug-likeness (QED) is 0.510. The van der Waals surface area contributed by atoms with E-state index in [2.05, 4.69) is 0 Å². The first-order valence-electron chi connectivity index (χ1n) is 4.56. The summed E-state index contributed by atoms with van der Waals surface area (Å²) in [5.41, 5.74) is 0.817. The van der Waals surface area contributed by atoms with Crippen molar-refractivity contribution in [2.75, 3.05) is 0 Å². The minimum atomic E-state index is -0.199. The fourth-order valence-electron chi connectivity index (χ4n) is 2.12. The van der Waals surface area contributed by atoms with Crippen molar-refractivity contribution in [2.24, 2.45) is 5.92 Å². The minimum absolute atomic E-state index is 0.175. The van der Waals surface area contributed by atoms with E-state index >= 15 is 0 Å². The second kappa shape index (κ2) is 2.85. The Bertz CT molecular complexity index is 263. The highest BCUT2D eigenvalue weighted by Crippen LogP contribution is 2.33. The predicted molar refractivity (Wildman–Crippen MR) is 44.7 cm³/mol. The molecule has 0 aromatic carbocycles. The molecule has 1 fully saturated rings. The zero-order valence-corrected chi connectivity index (χ0v) is 7.01. The summed E-state index contributed by atoms with van der Waals surface area (Å²) in [7, 11) is 0. The lowest BCUT2D eigenvalue weighted by molar-refractivity contribution is -0.134. The molecule has 2 aliphatic rings. The first-order chi connectivity index (χ1) is 5.79. The topological polar surface area (TPSA) is 34.1 Å². The summed E-state index contributed by atoms with van der Waals surface area (Å²) in [4.78, 5) is 22.6. The van der Waals surface area contributed by atoms with Crippen LogP contribution in [0.1, 0.15) is 32.1 Å². The van der Waals surface area contributed by atoms with Crippen LogP contribution in [0.5, 0.6) is 0 Å². The minimum Gasteiger partial charge on any atom is -0.291 e. The van der Waals surface area contributed by atoms with Crippen LogP contribution in [0, 0.1) is 5.92 Å². The Balaban J connectivity index is 2.29. The fraction of sp³-hybridized carbons (Fsp3) is 0.600. The van der Waals surface area contributed by atoms with Crippen LogP contribution in [0.25, 0.3) is 0 Å². The predicted octanol–water partition coefficient (Wildman–Crippen LogP) is 1.64. The molecule has 0 heterocycles. The largest absolute Gasteiger partial charge is 0.291 e. The van der Waals surface area contributed by atoms with Gasteiger partial charge in [-0.2, -0.15) is 0 Å². The maximum Gasteiger partial charge on any atom is 0.224 e. The van der Waals surface area contributed by atoms with Gasteiger partial charge in [0, 0.05) is 12.0 Å². The average Bonchev–Trinajstić information content (AvgIpc) is 2.46. The van der Waals surface area contributed by atoms with Crippen molar-refractivity contribution in [3.05, 3.63) is 11.6 Å². The Hall–Kier alpha value is -0.920. The number of hydrogen-bond donors (Lipinski definition) is 0. The number of ketones is 2. The second-order valence-corrected chi connectivity index (χ2v) is 3.58. The standard InChI is InChI=1S/C10H12O2/c11-9-6-2-4-7-3-1-5-8(7)10(9)12/h5,7H,1-4,6H2. The third-order valence-electron chi connectivity index (χ3n) is 2.79. The summed E-state index contributed by atoms with van der Waals surface area (Å²) in [6.45, 7) is 0. The third-order valence-corrected chi connectivity index (χ3v) is 2.79. The molecule has 0 saturated heterocycles. The molecule has 1 unspecified atom stereocenters. The van der Waals surface area contributed by atoms with Crippen LogP contribution in [-0.4, -0.2) is 11.6 Å². The molecule has 0 bridgehead atoms. The molecule has 0 aromatic heterocycles. The summed E-state index contributed by atoms with van der Waals surface area (Å²) in [5.74, 6) is 0.0320. The first kappa shape index (κ1) is 7.71. The molecule has 1 atom stereocenters. The maximum atomic E-state index is 11.4. The highest BCUT2D eigenvalue weighted by atomic mass is 16.2. The molecule has 2 aliphatic carbocycles. The van der Waals surface area contributed by atoms with Crippen molar-refractivity contribution in [3.63, 3.8) is 0 Å². The van der Waals surface area contributed by atoms with E-state index in [9.17, 15) is 9.59 Å². The van der Waals surface area contributed by atoms with Gasteiger partial charge >= 0.3 is 0 Å². The monoisotopic (exact) mass is 164 g/mol. The SMILES string of the molecule is O=C1CCCC2CCC=C2C1=O. The van der Waals surface area contributed by atoms with E-state index in [-0.39, 0.29) is 11.6 Å².